The standard InChI is InChI=1S/C15H18ClFN2/c1-4-8-18-14-10(5-2)9(3)19-15-11(14)6-7-12(16)13(15)17/h6-7H,4-5,8H2,1-3H3,(H,18,19). The predicted molar refractivity (Wildman–Crippen MR) is 79.6 cm³/mol. The van der Waals surface area contributed by atoms with Gasteiger partial charge in [-0.15, -0.1) is 0 Å². The molecule has 1 aromatic carbocycles. The summed E-state index contributed by atoms with van der Waals surface area (Å²) < 4.78 is 14.1. The molecule has 1 heterocycles. The van der Waals surface area contributed by atoms with Gasteiger partial charge in [-0.2, -0.15) is 0 Å². The van der Waals surface area contributed by atoms with Crippen LogP contribution in [0.15, 0.2) is 12.1 Å². The molecule has 1 aromatic heterocycles. The molecule has 0 bridgehead atoms. The summed E-state index contributed by atoms with van der Waals surface area (Å²) in [5, 5.41) is 4.31. The molecule has 102 valence electrons. The van der Waals surface area contributed by atoms with Gasteiger partial charge in [-0.05, 0) is 37.5 Å². The summed E-state index contributed by atoms with van der Waals surface area (Å²) in [6.45, 7) is 6.96. The highest BCUT2D eigenvalue weighted by Gasteiger charge is 2.15. The van der Waals surface area contributed by atoms with Crippen LogP contribution in [-0.4, -0.2) is 11.5 Å². The fraction of sp³-hybridized carbons (Fsp3) is 0.400. The lowest BCUT2D eigenvalue weighted by Crippen LogP contribution is -2.07. The third-order valence-electron chi connectivity index (χ3n) is 3.26. The summed E-state index contributed by atoms with van der Waals surface area (Å²) in [6.07, 6.45) is 1.88. The van der Waals surface area contributed by atoms with Crippen molar-refractivity contribution in [1.82, 2.24) is 4.98 Å². The van der Waals surface area contributed by atoms with Gasteiger partial charge in [0.1, 0.15) is 5.52 Å². The number of halogens is 2. The molecular weight excluding hydrogens is 263 g/mol. The number of rotatable bonds is 4. The molecule has 0 aliphatic rings. The van der Waals surface area contributed by atoms with Crippen LogP contribution >= 0.6 is 11.6 Å². The zero-order valence-electron chi connectivity index (χ0n) is 11.5. The van der Waals surface area contributed by atoms with E-state index in [4.69, 9.17) is 11.6 Å². The maximum Gasteiger partial charge on any atom is 0.168 e. The Morgan fingerprint density at radius 3 is 2.68 bits per heavy atom. The fourth-order valence-corrected chi connectivity index (χ4v) is 2.47. The molecule has 0 saturated heterocycles. The number of nitrogens with one attached hydrogen (secondary N) is 1. The zero-order valence-corrected chi connectivity index (χ0v) is 12.2. The molecule has 0 saturated carbocycles. The second kappa shape index (κ2) is 5.74. The lowest BCUT2D eigenvalue weighted by molar-refractivity contribution is 0.637. The van der Waals surface area contributed by atoms with Gasteiger partial charge in [0.2, 0.25) is 0 Å². The van der Waals surface area contributed by atoms with E-state index in [0.717, 1.165) is 41.7 Å². The number of nitrogens with zero attached hydrogens (tertiary/aromatic N) is 1. The van der Waals surface area contributed by atoms with Gasteiger partial charge in [0.15, 0.2) is 5.82 Å². The van der Waals surface area contributed by atoms with Gasteiger partial charge in [-0.1, -0.05) is 25.4 Å². The van der Waals surface area contributed by atoms with E-state index in [0.29, 0.717) is 5.52 Å². The third kappa shape index (κ3) is 2.52. The molecule has 0 aliphatic carbocycles. The first-order chi connectivity index (χ1) is 9.10. The van der Waals surface area contributed by atoms with Crippen molar-refractivity contribution < 1.29 is 4.39 Å². The Labute approximate surface area is 118 Å². The minimum atomic E-state index is -0.440. The Balaban J connectivity index is 2.75. The van der Waals surface area contributed by atoms with Crippen LogP contribution in [0.3, 0.4) is 0 Å². The number of pyridine rings is 1. The highest BCUT2D eigenvalue weighted by molar-refractivity contribution is 6.31. The number of benzene rings is 1. The summed E-state index contributed by atoms with van der Waals surface area (Å²) in [5.74, 6) is -0.440. The van der Waals surface area contributed by atoms with Gasteiger partial charge in [-0.3, -0.25) is 0 Å². The van der Waals surface area contributed by atoms with E-state index in [1.165, 1.54) is 0 Å². The maximum absolute atomic E-state index is 14.1. The third-order valence-corrected chi connectivity index (χ3v) is 3.55. The Hall–Kier alpha value is -1.35. The lowest BCUT2D eigenvalue weighted by atomic mass is 10.0. The van der Waals surface area contributed by atoms with Crippen molar-refractivity contribution in [2.45, 2.75) is 33.6 Å². The minimum absolute atomic E-state index is 0.116. The Morgan fingerprint density at radius 2 is 2.05 bits per heavy atom. The van der Waals surface area contributed by atoms with Crippen LogP contribution in [0.4, 0.5) is 10.1 Å². The second-order valence-corrected chi connectivity index (χ2v) is 5.00. The van der Waals surface area contributed by atoms with Crippen LogP contribution in [0.5, 0.6) is 0 Å². The number of anilines is 1. The van der Waals surface area contributed by atoms with Crippen LogP contribution < -0.4 is 5.32 Å². The average molecular weight is 281 g/mol. The van der Waals surface area contributed by atoms with Gasteiger partial charge in [-0.25, -0.2) is 9.37 Å². The van der Waals surface area contributed by atoms with Crippen LogP contribution in [0, 0.1) is 12.7 Å². The SMILES string of the molecule is CCCNc1c(CC)c(C)nc2c(F)c(Cl)ccc12. The van der Waals surface area contributed by atoms with E-state index in [1.54, 1.807) is 6.07 Å². The molecular formula is C15H18ClFN2. The average Bonchev–Trinajstić information content (AvgIpc) is 2.40. The van der Waals surface area contributed by atoms with Crippen molar-refractivity contribution in [3.05, 3.63) is 34.2 Å². The monoisotopic (exact) mass is 280 g/mol. The topological polar surface area (TPSA) is 24.9 Å². The Bertz CT molecular complexity index is 611. The lowest BCUT2D eigenvalue weighted by Gasteiger charge is -2.16. The molecule has 0 unspecified atom stereocenters. The van der Waals surface area contributed by atoms with E-state index in [9.17, 15) is 4.39 Å². The molecule has 0 fully saturated rings. The molecule has 4 heteroatoms. The molecule has 2 nitrogen and oxygen atoms in total. The normalized spacial score (nSPS) is 11.0. The Morgan fingerprint density at radius 1 is 1.32 bits per heavy atom. The molecule has 2 aromatic rings. The molecule has 0 spiro atoms. The molecule has 0 aliphatic heterocycles. The van der Waals surface area contributed by atoms with Crippen molar-refractivity contribution in [2.75, 3.05) is 11.9 Å². The molecule has 0 amide bonds. The summed E-state index contributed by atoms with van der Waals surface area (Å²) in [7, 11) is 0. The summed E-state index contributed by atoms with van der Waals surface area (Å²) in [6, 6.07) is 3.43. The van der Waals surface area contributed by atoms with E-state index in [2.05, 4.69) is 24.1 Å². The van der Waals surface area contributed by atoms with E-state index >= 15 is 0 Å². The van der Waals surface area contributed by atoms with Crippen LogP contribution in [0.2, 0.25) is 5.02 Å². The second-order valence-electron chi connectivity index (χ2n) is 4.59. The summed E-state index contributed by atoms with van der Waals surface area (Å²) in [4.78, 5) is 4.38. The zero-order chi connectivity index (χ0) is 14.0. The first-order valence-electron chi connectivity index (χ1n) is 6.61. The summed E-state index contributed by atoms with van der Waals surface area (Å²) in [5.41, 5.74) is 3.33. The van der Waals surface area contributed by atoms with E-state index < -0.39 is 5.82 Å². The molecule has 19 heavy (non-hydrogen) atoms. The maximum atomic E-state index is 14.1. The number of hydrogen-bond donors (Lipinski definition) is 1. The number of fused-ring (bicyclic) bond motifs is 1. The summed E-state index contributed by atoms with van der Waals surface area (Å²) >= 11 is 5.83. The first kappa shape index (κ1) is 14.1. The molecule has 0 atom stereocenters. The van der Waals surface area contributed by atoms with Crippen molar-refractivity contribution in [3.8, 4) is 0 Å². The van der Waals surface area contributed by atoms with Gasteiger partial charge in [0.05, 0.1) is 5.02 Å². The van der Waals surface area contributed by atoms with Gasteiger partial charge < -0.3 is 5.32 Å². The number of hydrogen-bond acceptors (Lipinski definition) is 2. The Kier molecular flexibility index (Phi) is 4.25. The number of aryl methyl sites for hydroxylation is 1. The van der Waals surface area contributed by atoms with Crippen LogP contribution in [0.25, 0.3) is 10.9 Å². The molecule has 1 N–H and O–H groups in total. The molecule has 2 rings (SSSR count). The number of aromatic nitrogens is 1. The van der Waals surface area contributed by atoms with Crippen LogP contribution in [0.1, 0.15) is 31.5 Å². The van der Waals surface area contributed by atoms with Crippen LogP contribution in [-0.2, 0) is 6.42 Å². The highest BCUT2D eigenvalue weighted by atomic mass is 35.5. The van der Waals surface area contributed by atoms with Gasteiger partial charge in [0, 0.05) is 23.3 Å². The fourth-order valence-electron chi connectivity index (χ4n) is 2.31. The van der Waals surface area contributed by atoms with Crippen molar-refractivity contribution in [1.29, 1.82) is 0 Å². The minimum Gasteiger partial charge on any atom is -0.384 e. The highest BCUT2D eigenvalue weighted by Crippen LogP contribution is 2.32. The van der Waals surface area contributed by atoms with Crippen molar-refractivity contribution in [2.24, 2.45) is 0 Å². The quantitative estimate of drug-likeness (QED) is 0.876. The first-order valence-corrected chi connectivity index (χ1v) is 6.99. The predicted octanol–water partition coefficient (Wildman–Crippen LogP) is 4.72. The van der Waals surface area contributed by atoms with Gasteiger partial charge in [0.25, 0.3) is 0 Å². The van der Waals surface area contributed by atoms with Crippen molar-refractivity contribution in [3.63, 3.8) is 0 Å². The largest absolute Gasteiger partial charge is 0.384 e. The smallest absolute Gasteiger partial charge is 0.168 e. The van der Waals surface area contributed by atoms with Crippen molar-refractivity contribution >= 4 is 28.2 Å². The molecule has 0 radical (unpaired) electrons. The van der Waals surface area contributed by atoms with E-state index in [1.807, 2.05) is 13.0 Å². The van der Waals surface area contributed by atoms with E-state index in [-0.39, 0.29) is 5.02 Å². The van der Waals surface area contributed by atoms with Gasteiger partial charge >= 0.3 is 0 Å².